The molecule has 0 saturated heterocycles. The number of carbonyl (C=O) groups excluding carboxylic acids is 1. The Balaban J connectivity index is 3.35. The maximum Gasteiger partial charge on any atom is 0.417 e. The van der Waals surface area contributed by atoms with Crippen LogP contribution in [0.3, 0.4) is 0 Å². The van der Waals surface area contributed by atoms with Gasteiger partial charge in [-0.2, -0.15) is 13.2 Å². The molecular formula is C9H5BrF4O2. The van der Waals surface area contributed by atoms with Gasteiger partial charge in [0, 0.05) is 0 Å². The van der Waals surface area contributed by atoms with E-state index in [4.69, 9.17) is 0 Å². The molecule has 0 atom stereocenters. The molecule has 0 N–H and O–H groups in total. The largest absolute Gasteiger partial charge is 0.465 e. The zero-order valence-corrected chi connectivity index (χ0v) is 9.45. The van der Waals surface area contributed by atoms with Crippen molar-refractivity contribution in [2.75, 3.05) is 7.11 Å². The van der Waals surface area contributed by atoms with Gasteiger partial charge in [-0.25, -0.2) is 9.18 Å². The lowest BCUT2D eigenvalue weighted by atomic mass is 10.1. The summed E-state index contributed by atoms with van der Waals surface area (Å²) in [6.07, 6.45) is -4.69. The van der Waals surface area contributed by atoms with Crippen LogP contribution in [0.25, 0.3) is 0 Å². The fourth-order valence-electron chi connectivity index (χ4n) is 1.04. The van der Waals surface area contributed by atoms with Crippen molar-refractivity contribution in [1.82, 2.24) is 0 Å². The van der Waals surface area contributed by atoms with Gasteiger partial charge in [-0.05, 0) is 28.1 Å². The normalized spacial score (nSPS) is 11.4. The number of benzene rings is 1. The van der Waals surface area contributed by atoms with Crippen LogP contribution in [0.2, 0.25) is 0 Å². The topological polar surface area (TPSA) is 26.3 Å². The molecule has 0 fully saturated rings. The first kappa shape index (κ1) is 13.0. The number of carbonyl (C=O) groups is 1. The minimum absolute atomic E-state index is 0.553. The van der Waals surface area contributed by atoms with E-state index in [0.717, 1.165) is 13.2 Å². The second kappa shape index (κ2) is 4.40. The number of alkyl halides is 3. The zero-order valence-electron chi connectivity index (χ0n) is 7.86. The van der Waals surface area contributed by atoms with Crippen LogP contribution in [-0.4, -0.2) is 13.1 Å². The van der Waals surface area contributed by atoms with Gasteiger partial charge < -0.3 is 4.74 Å². The van der Waals surface area contributed by atoms with E-state index in [0.29, 0.717) is 6.07 Å². The number of esters is 1. The number of halogens is 5. The number of ether oxygens (including phenoxy) is 1. The molecule has 7 heteroatoms. The number of hydrogen-bond acceptors (Lipinski definition) is 2. The Morgan fingerprint density at radius 1 is 1.38 bits per heavy atom. The average molecular weight is 301 g/mol. The van der Waals surface area contributed by atoms with E-state index < -0.39 is 33.6 Å². The van der Waals surface area contributed by atoms with Crippen molar-refractivity contribution >= 4 is 21.9 Å². The van der Waals surface area contributed by atoms with Gasteiger partial charge in [0.2, 0.25) is 0 Å². The Labute approximate surface area is 96.3 Å². The van der Waals surface area contributed by atoms with Gasteiger partial charge in [-0.1, -0.05) is 0 Å². The van der Waals surface area contributed by atoms with Crippen molar-refractivity contribution in [2.24, 2.45) is 0 Å². The SMILES string of the molecule is COC(=O)c1ccc(C(F)(F)F)c(Br)c1F. The molecule has 0 radical (unpaired) electrons. The number of hydrogen-bond donors (Lipinski definition) is 0. The van der Waals surface area contributed by atoms with Crippen LogP contribution in [-0.2, 0) is 10.9 Å². The highest BCUT2D eigenvalue weighted by Gasteiger charge is 2.35. The zero-order chi connectivity index (χ0) is 12.5. The van der Waals surface area contributed by atoms with Crippen LogP contribution in [0.1, 0.15) is 15.9 Å². The maximum absolute atomic E-state index is 13.4. The summed E-state index contributed by atoms with van der Waals surface area (Å²) in [5.74, 6) is -2.33. The third-order valence-corrected chi connectivity index (χ3v) is 2.57. The van der Waals surface area contributed by atoms with E-state index in [-0.39, 0.29) is 0 Å². The lowest BCUT2D eigenvalue weighted by molar-refractivity contribution is -0.138. The summed E-state index contributed by atoms with van der Waals surface area (Å²) in [4.78, 5) is 11.0. The first-order valence-electron chi connectivity index (χ1n) is 3.92. The van der Waals surface area contributed by atoms with E-state index in [1.165, 1.54) is 0 Å². The molecule has 0 aliphatic heterocycles. The molecule has 0 unspecified atom stereocenters. The van der Waals surface area contributed by atoms with E-state index in [1.54, 1.807) is 0 Å². The molecule has 2 nitrogen and oxygen atoms in total. The Bertz CT molecular complexity index is 428. The number of rotatable bonds is 1. The fourth-order valence-corrected chi connectivity index (χ4v) is 1.61. The summed E-state index contributed by atoms with van der Waals surface area (Å²) in [6.45, 7) is 0. The molecule has 0 saturated carbocycles. The first-order chi connectivity index (χ1) is 7.29. The molecule has 0 aromatic heterocycles. The predicted octanol–water partition coefficient (Wildman–Crippen LogP) is 3.39. The Kier molecular flexibility index (Phi) is 3.57. The van der Waals surface area contributed by atoms with E-state index in [2.05, 4.69) is 20.7 Å². The minimum Gasteiger partial charge on any atom is -0.465 e. The van der Waals surface area contributed by atoms with Crippen LogP contribution in [0.15, 0.2) is 16.6 Å². The summed E-state index contributed by atoms with van der Waals surface area (Å²) < 4.78 is 53.8. The van der Waals surface area contributed by atoms with Crippen molar-refractivity contribution in [3.05, 3.63) is 33.5 Å². The molecular weight excluding hydrogens is 296 g/mol. The highest BCUT2D eigenvalue weighted by atomic mass is 79.9. The van der Waals surface area contributed by atoms with Gasteiger partial charge in [0.05, 0.1) is 22.7 Å². The lowest BCUT2D eigenvalue weighted by Gasteiger charge is -2.11. The molecule has 0 heterocycles. The highest BCUT2D eigenvalue weighted by molar-refractivity contribution is 9.10. The molecule has 16 heavy (non-hydrogen) atoms. The Hall–Kier alpha value is -1.11. The average Bonchev–Trinajstić information content (AvgIpc) is 2.19. The van der Waals surface area contributed by atoms with Crippen molar-refractivity contribution < 1.29 is 27.1 Å². The first-order valence-corrected chi connectivity index (χ1v) is 4.72. The van der Waals surface area contributed by atoms with Crippen LogP contribution < -0.4 is 0 Å². The van der Waals surface area contributed by atoms with Gasteiger partial charge in [-0.3, -0.25) is 0 Å². The maximum atomic E-state index is 13.4. The second-order valence-corrected chi connectivity index (χ2v) is 3.57. The molecule has 0 bridgehead atoms. The smallest absolute Gasteiger partial charge is 0.417 e. The van der Waals surface area contributed by atoms with Gasteiger partial charge in [0.15, 0.2) is 5.82 Å². The Morgan fingerprint density at radius 3 is 2.38 bits per heavy atom. The minimum atomic E-state index is -4.69. The van der Waals surface area contributed by atoms with E-state index >= 15 is 0 Å². The third kappa shape index (κ3) is 2.34. The fraction of sp³-hybridized carbons (Fsp3) is 0.222. The van der Waals surface area contributed by atoms with Crippen molar-refractivity contribution in [3.8, 4) is 0 Å². The standard InChI is InChI=1S/C9H5BrF4O2/c1-16-8(15)4-2-3-5(9(12,13)14)6(10)7(4)11/h2-3H,1H3. The molecule has 88 valence electrons. The van der Waals surface area contributed by atoms with Gasteiger partial charge >= 0.3 is 12.1 Å². The monoisotopic (exact) mass is 300 g/mol. The van der Waals surface area contributed by atoms with Crippen LogP contribution in [0.5, 0.6) is 0 Å². The summed E-state index contributed by atoms with van der Waals surface area (Å²) in [5.41, 5.74) is -1.74. The third-order valence-electron chi connectivity index (χ3n) is 1.79. The number of methoxy groups -OCH3 is 1. The lowest BCUT2D eigenvalue weighted by Crippen LogP contribution is -2.11. The molecule has 1 rings (SSSR count). The molecule has 0 amide bonds. The van der Waals surface area contributed by atoms with Crippen LogP contribution >= 0.6 is 15.9 Å². The Morgan fingerprint density at radius 2 is 1.94 bits per heavy atom. The predicted molar refractivity (Wildman–Crippen MR) is 50.4 cm³/mol. The quantitative estimate of drug-likeness (QED) is 0.587. The summed E-state index contributed by atoms with van der Waals surface area (Å²) >= 11 is 2.46. The second-order valence-electron chi connectivity index (χ2n) is 2.78. The van der Waals surface area contributed by atoms with Gasteiger partial charge in [0.1, 0.15) is 0 Å². The van der Waals surface area contributed by atoms with Crippen LogP contribution in [0.4, 0.5) is 17.6 Å². The van der Waals surface area contributed by atoms with Crippen molar-refractivity contribution in [2.45, 2.75) is 6.18 Å². The van der Waals surface area contributed by atoms with Crippen LogP contribution in [0, 0.1) is 5.82 Å². The van der Waals surface area contributed by atoms with E-state index in [1.807, 2.05) is 0 Å². The van der Waals surface area contributed by atoms with Crippen molar-refractivity contribution in [3.63, 3.8) is 0 Å². The highest BCUT2D eigenvalue weighted by Crippen LogP contribution is 2.37. The molecule has 1 aromatic carbocycles. The summed E-state index contributed by atoms with van der Waals surface area (Å²) in [6, 6.07) is 1.34. The summed E-state index contributed by atoms with van der Waals surface area (Å²) in [7, 11) is 1.01. The molecule has 1 aromatic rings. The van der Waals surface area contributed by atoms with E-state index in [9.17, 15) is 22.4 Å². The van der Waals surface area contributed by atoms with Gasteiger partial charge in [0.25, 0.3) is 0 Å². The van der Waals surface area contributed by atoms with Gasteiger partial charge in [-0.15, -0.1) is 0 Å². The molecule has 0 aliphatic rings. The van der Waals surface area contributed by atoms with Crippen molar-refractivity contribution in [1.29, 1.82) is 0 Å². The molecule has 0 aliphatic carbocycles. The summed E-state index contributed by atoms with van der Waals surface area (Å²) in [5, 5.41) is 0. The molecule has 0 spiro atoms.